The lowest BCUT2D eigenvalue weighted by atomic mass is 10.8. The lowest BCUT2D eigenvalue weighted by Crippen LogP contribution is -2.04. The zero-order chi connectivity index (χ0) is 8.27. The number of aromatic nitrogens is 3. The minimum absolute atomic E-state index is 0.140. The lowest BCUT2D eigenvalue weighted by molar-refractivity contribution is 0.380. The van der Waals surface area contributed by atoms with Gasteiger partial charge in [0.25, 0.3) is 0 Å². The Morgan fingerprint density at radius 3 is 2.64 bits per heavy atom. The number of hydrogen-bond acceptors (Lipinski definition) is 6. The summed E-state index contributed by atoms with van der Waals surface area (Å²) in [6.07, 6.45) is 0. The second-order valence-corrected chi connectivity index (χ2v) is 1.75. The van der Waals surface area contributed by atoms with E-state index in [0.29, 0.717) is 5.95 Å². The van der Waals surface area contributed by atoms with E-state index in [4.69, 9.17) is 10.5 Å². The predicted molar refractivity (Wildman–Crippen MR) is 40.3 cm³/mol. The van der Waals surface area contributed by atoms with Crippen LogP contribution in [0.25, 0.3) is 0 Å². The average molecular weight is 155 g/mol. The fraction of sp³-hybridized carbons (Fsp3) is 0.400. The monoisotopic (exact) mass is 155 g/mol. The van der Waals surface area contributed by atoms with Crippen LogP contribution in [0.3, 0.4) is 0 Å². The van der Waals surface area contributed by atoms with Gasteiger partial charge in [-0.05, 0) is 0 Å². The van der Waals surface area contributed by atoms with E-state index in [-0.39, 0.29) is 12.0 Å². The van der Waals surface area contributed by atoms with Crippen molar-refractivity contribution >= 4 is 11.9 Å². The summed E-state index contributed by atoms with van der Waals surface area (Å²) in [4.78, 5) is 11.3. The molecule has 0 bridgehead atoms. The van der Waals surface area contributed by atoms with Gasteiger partial charge in [-0.1, -0.05) is 0 Å². The molecule has 60 valence electrons. The van der Waals surface area contributed by atoms with Crippen molar-refractivity contribution in [1.82, 2.24) is 15.0 Å². The van der Waals surface area contributed by atoms with Crippen molar-refractivity contribution in [1.29, 1.82) is 0 Å². The number of rotatable bonds is 2. The number of ether oxygens (including phenoxy) is 1. The minimum Gasteiger partial charge on any atom is -0.467 e. The highest BCUT2D eigenvalue weighted by atomic mass is 16.5. The summed E-state index contributed by atoms with van der Waals surface area (Å²) in [6, 6.07) is 0.210. The van der Waals surface area contributed by atoms with E-state index >= 15 is 0 Å². The van der Waals surface area contributed by atoms with Crippen molar-refractivity contribution in [3.63, 3.8) is 0 Å². The molecule has 0 aromatic carbocycles. The third-order valence-corrected chi connectivity index (χ3v) is 1.04. The van der Waals surface area contributed by atoms with E-state index in [1.54, 1.807) is 7.05 Å². The SMILES string of the molecule is CNc1nc(N)nc(OC)n1. The summed E-state index contributed by atoms with van der Waals surface area (Å²) >= 11 is 0. The molecule has 6 nitrogen and oxygen atoms in total. The molecule has 0 aliphatic rings. The maximum atomic E-state index is 5.33. The molecule has 6 heteroatoms. The van der Waals surface area contributed by atoms with Gasteiger partial charge in [0.1, 0.15) is 0 Å². The average Bonchev–Trinajstić information content (AvgIpc) is 2.03. The van der Waals surface area contributed by atoms with Crippen LogP contribution >= 0.6 is 0 Å². The van der Waals surface area contributed by atoms with Crippen molar-refractivity contribution < 1.29 is 4.74 Å². The predicted octanol–water partition coefficient (Wildman–Crippen LogP) is -0.496. The number of methoxy groups -OCH3 is 1. The first kappa shape index (κ1) is 7.52. The number of nitrogens with zero attached hydrogens (tertiary/aromatic N) is 3. The van der Waals surface area contributed by atoms with E-state index < -0.39 is 0 Å². The molecule has 0 aliphatic carbocycles. The number of hydrogen-bond donors (Lipinski definition) is 2. The van der Waals surface area contributed by atoms with Crippen molar-refractivity contribution in [3.8, 4) is 6.01 Å². The Kier molecular flexibility index (Phi) is 2.05. The first-order chi connectivity index (χ1) is 5.26. The van der Waals surface area contributed by atoms with Crippen molar-refractivity contribution in [2.75, 3.05) is 25.2 Å². The smallest absolute Gasteiger partial charge is 0.322 e. The van der Waals surface area contributed by atoms with Gasteiger partial charge in [0.05, 0.1) is 7.11 Å². The Morgan fingerprint density at radius 2 is 2.09 bits per heavy atom. The number of nitrogen functional groups attached to an aromatic ring is 1. The Bertz CT molecular complexity index is 228. The minimum atomic E-state index is 0.140. The molecule has 3 N–H and O–H groups in total. The van der Waals surface area contributed by atoms with Gasteiger partial charge < -0.3 is 15.8 Å². The molecule has 0 saturated carbocycles. The van der Waals surface area contributed by atoms with Gasteiger partial charge in [0, 0.05) is 7.05 Å². The number of nitrogens with two attached hydrogens (primary N) is 1. The van der Waals surface area contributed by atoms with Gasteiger partial charge in [-0.2, -0.15) is 15.0 Å². The molecule has 1 rings (SSSR count). The standard InChI is InChI=1S/C5H9N5O/c1-7-4-8-3(6)9-5(10-4)11-2/h1-2H3,(H3,6,7,8,9,10). The van der Waals surface area contributed by atoms with Crippen LogP contribution in [0.15, 0.2) is 0 Å². The molecule has 1 aromatic rings. The Hall–Kier alpha value is -1.59. The van der Waals surface area contributed by atoms with Gasteiger partial charge in [0.15, 0.2) is 0 Å². The van der Waals surface area contributed by atoms with E-state index in [1.165, 1.54) is 7.11 Å². The zero-order valence-corrected chi connectivity index (χ0v) is 6.33. The Morgan fingerprint density at radius 1 is 1.36 bits per heavy atom. The third-order valence-electron chi connectivity index (χ3n) is 1.04. The molecule has 0 aliphatic heterocycles. The zero-order valence-electron chi connectivity index (χ0n) is 6.33. The van der Waals surface area contributed by atoms with Crippen LogP contribution < -0.4 is 15.8 Å². The first-order valence-electron chi connectivity index (χ1n) is 2.99. The molecule has 0 spiro atoms. The molecule has 0 atom stereocenters. The fourth-order valence-corrected chi connectivity index (χ4v) is 0.575. The number of anilines is 2. The second-order valence-electron chi connectivity index (χ2n) is 1.75. The van der Waals surface area contributed by atoms with Gasteiger partial charge >= 0.3 is 6.01 Å². The van der Waals surface area contributed by atoms with Crippen LogP contribution in [-0.4, -0.2) is 29.1 Å². The maximum absolute atomic E-state index is 5.33. The van der Waals surface area contributed by atoms with Crippen molar-refractivity contribution in [2.45, 2.75) is 0 Å². The van der Waals surface area contributed by atoms with Gasteiger partial charge in [-0.25, -0.2) is 0 Å². The van der Waals surface area contributed by atoms with Crippen LogP contribution in [0.2, 0.25) is 0 Å². The molecule has 0 fully saturated rings. The highest BCUT2D eigenvalue weighted by molar-refractivity contribution is 5.31. The summed E-state index contributed by atoms with van der Waals surface area (Å²) in [5, 5.41) is 2.72. The summed E-state index contributed by atoms with van der Waals surface area (Å²) in [6.45, 7) is 0. The van der Waals surface area contributed by atoms with Crippen LogP contribution in [-0.2, 0) is 0 Å². The largest absolute Gasteiger partial charge is 0.467 e. The first-order valence-corrected chi connectivity index (χ1v) is 2.99. The van der Waals surface area contributed by atoms with Gasteiger partial charge in [-0.15, -0.1) is 0 Å². The van der Waals surface area contributed by atoms with Crippen LogP contribution in [0.5, 0.6) is 6.01 Å². The molecule has 11 heavy (non-hydrogen) atoms. The van der Waals surface area contributed by atoms with E-state index in [9.17, 15) is 0 Å². The van der Waals surface area contributed by atoms with Gasteiger partial charge in [0.2, 0.25) is 11.9 Å². The van der Waals surface area contributed by atoms with Crippen LogP contribution in [0, 0.1) is 0 Å². The Labute approximate surface area is 63.8 Å². The molecular formula is C5H9N5O. The number of nitrogens with one attached hydrogen (secondary N) is 1. The third kappa shape index (κ3) is 1.66. The summed E-state index contributed by atoms with van der Waals surface area (Å²) < 4.78 is 4.76. The second kappa shape index (κ2) is 3.00. The molecule has 0 radical (unpaired) electrons. The molecular weight excluding hydrogens is 146 g/mol. The van der Waals surface area contributed by atoms with E-state index in [0.717, 1.165) is 0 Å². The quantitative estimate of drug-likeness (QED) is 0.599. The topological polar surface area (TPSA) is 86.0 Å². The van der Waals surface area contributed by atoms with E-state index in [2.05, 4.69) is 20.3 Å². The molecule has 1 heterocycles. The summed E-state index contributed by atoms with van der Waals surface area (Å²) in [7, 11) is 3.16. The Balaban J connectivity index is 3.02. The highest BCUT2D eigenvalue weighted by Crippen LogP contribution is 2.06. The summed E-state index contributed by atoms with van der Waals surface area (Å²) in [5.41, 5.74) is 5.33. The molecule has 0 amide bonds. The van der Waals surface area contributed by atoms with Gasteiger partial charge in [-0.3, -0.25) is 0 Å². The maximum Gasteiger partial charge on any atom is 0.322 e. The fourth-order valence-electron chi connectivity index (χ4n) is 0.575. The molecule has 1 aromatic heterocycles. The highest BCUT2D eigenvalue weighted by Gasteiger charge is 2.00. The van der Waals surface area contributed by atoms with Crippen LogP contribution in [0.4, 0.5) is 11.9 Å². The normalized spacial score (nSPS) is 9.27. The van der Waals surface area contributed by atoms with E-state index in [1.807, 2.05) is 0 Å². The molecule has 0 saturated heterocycles. The lowest BCUT2D eigenvalue weighted by Gasteiger charge is -2.00. The molecule has 0 unspecified atom stereocenters. The van der Waals surface area contributed by atoms with Crippen LogP contribution in [0.1, 0.15) is 0 Å². The van der Waals surface area contributed by atoms with Crippen molar-refractivity contribution in [3.05, 3.63) is 0 Å². The van der Waals surface area contributed by atoms with Crippen molar-refractivity contribution in [2.24, 2.45) is 0 Å². The summed E-state index contributed by atoms with van der Waals surface area (Å²) in [5.74, 6) is 0.538.